The van der Waals surface area contributed by atoms with Crippen LogP contribution in [0.25, 0.3) is 0 Å². The standard InChI is InChI=1S/C17H27NO2/c1-18(2)13-16(17(19)11-5-4-6-12-17)14-7-9-15(20-3)10-8-14/h7-10,16,19H,4-6,11-13H2,1-3H3/t16-/m0/s1/i3D3. The first-order valence-corrected chi connectivity index (χ1v) is 7.36. The van der Waals surface area contributed by atoms with Crippen molar-refractivity contribution >= 4 is 0 Å². The summed E-state index contributed by atoms with van der Waals surface area (Å²) in [4.78, 5) is 2.09. The van der Waals surface area contributed by atoms with Crippen LogP contribution in [-0.4, -0.2) is 43.3 Å². The Morgan fingerprint density at radius 1 is 1.25 bits per heavy atom. The van der Waals surface area contributed by atoms with Gasteiger partial charge < -0.3 is 14.7 Å². The van der Waals surface area contributed by atoms with Crippen molar-refractivity contribution in [2.45, 2.75) is 43.6 Å². The normalized spacial score (nSPS) is 22.7. The minimum atomic E-state index is -2.44. The van der Waals surface area contributed by atoms with Crippen molar-refractivity contribution in [2.24, 2.45) is 0 Å². The summed E-state index contributed by atoms with van der Waals surface area (Å²) in [5.41, 5.74) is 0.343. The lowest BCUT2D eigenvalue weighted by molar-refractivity contribution is -0.0277. The third kappa shape index (κ3) is 3.53. The molecule has 20 heavy (non-hydrogen) atoms. The molecule has 1 aromatic carbocycles. The molecule has 112 valence electrons. The van der Waals surface area contributed by atoms with Crippen molar-refractivity contribution in [3.05, 3.63) is 29.8 Å². The summed E-state index contributed by atoms with van der Waals surface area (Å²) in [6.45, 7) is 0.760. The van der Waals surface area contributed by atoms with Crippen LogP contribution in [-0.2, 0) is 0 Å². The smallest absolute Gasteiger partial charge is 0.118 e. The number of likely N-dealkylation sites (N-methyl/N-ethyl adjacent to an activating group) is 1. The Morgan fingerprint density at radius 2 is 1.90 bits per heavy atom. The lowest BCUT2D eigenvalue weighted by Crippen LogP contribution is -2.42. The zero-order chi connectivity index (χ0) is 17.1. The zero-order valence-corrected chi connectivity index (χ0v) is 12.4. The van der Waals surface area contributed by atoms with Crippen LogP contribution in [0.1, 0.15) is 47.7 Å². The van der Waals surface area contributed by atoms with Crippen molar-refractivity contribution in [3.8, 4) is 5.75 Å². The van der Waals surface area contributed by atoms with Crippen molar-refractivity contribution in [2.75, 3.05) is 27.7 Å². The Labute approximate surface area is 126 Å². The quantitative estimate of drug-likeness (QED) is 0.900. The summed E-state index contributed by atoms with van der Waals surface area (Å²) >= 11 is 0. The van der Waals surface area contributed by atoms with Gasteiger partial charge in [0.1, 0.15) is 5.75 Å². The minimum absolute atomic E-state index is 0.0135. The molecule has 3 heteroatoms. The summed E-state index contributed by atoms with van der Waals surface area (Å²) in [6.07, 6.45) is 4.93. The van der Waals surface area contributed by atoms with Gasteiger partial charge in [-0.3, -0.25) is 0 Å². The maximum atomic E-state index is 11.1. The first-order valence-electron chi connectivity index (χ1n) is 8.86. The molecule has 1 fully saturated rings. The molecule has 0 aromatic heterocycles. The first kappa shape index (κ1) is 11.6. The van der Waals surface area contributed by atoms with Crippen LogP contribution in [0.3, 0.4) is 0 Å². The fourth-order valence-electron chi connectivity index (χ4n) is 3.23. The first-order chi connectivity index (χ1) is 10.7. The Hall–Kier alpha value is -1.06. The number of nitrogens with zero attached hydrogens (tertiary/aromatic N) is 1. The molecule has 2 rings (SSSR count). The molecule has 1 aromatic rings. The van der Waals surface area contributed by atoms with Crippen LogP contribution in [0.5, 0.6) is 5.75 Å². The van der Waals surface area contributed by atoms with Gasteiger partial charge in [-0.1, -0.05) is 31.4 Å². The second-order valence-corrected chi connectivity index (χ2v) is 6.15. The Morgan fingerprint density at radius 3 is 2.45 bits per heavy atom. The Kier molecular flexibility index (Phi) is 3.82. The highest BCUT2D eigenvalue weighted by Gasteiger charge is 2.38. The van der Waals surface area contributed by atoms with E-state index in [1.807, 2.05) is 26.2 Å². The summed E-state index contributed by atoms with van der Waals surface area (Å²) < 4.78 is 26.4. The van der Waals surface area contributed by atoms with E-state index in [1.165, 1.54) is 6.42 Å². The number of rotatable bonds is 5. The maximum Gasteiger partial charge on any atom is 0.118 e. The summed E-state index contributed by atoms with van der Waals surface area (Å²) in [7, 11) is 1.57. The predicted molar refractivity (Wildman–Crippen MR) is 82.3 cm³/mol. The summed E-state index contributed by atoms with van der Waals surface area (Å²) in [5.74, 6) is 0.340. The van der Waals surface area contributed by atoms with E-state index >= 15 is 0 Å². The van der Waals surface area contributed by atoms with E-state index in [4.69, 9.17) is 8.85 Å². The van der Waals surface area contributed by atoms with Crippen molar-refractivity contribution in [1.82, 2.24) is 4.90 Å². The predicted octanol–water partition coefficient (Wildman–Crippen LogP) is 3.04. The van der Waals surface area contributed by atoms with Gasteiger partial charge in [0.15, 0.2) is 0 Å². The molecule has 1 N–H and O–H groups in total. The molecular weight excluding hydrogens is 250 g/mol. The van der Waals surface area contributed by atoms with Gasteiger partial charge in [-0.25, -0.2) is 0 Å². The van der Waals surface area contributed by atoms with Crippen LogP contribution < -0.4 is 4.74 Å². The van der Waals surface area contributed by atoms with Crippen LogP contribution in [0.4, 0.5) is 0 Å². The van der Waals surface area contributed by atoms with Gasteiger partial charge in [-0.15, -0.1) is 0 Å². The van der Waals surface area contributed by atoms with E-state index in [2.05, 4.69) is 4.90 Å². The molecule has 0 spiro atoms. The largest absolute Gasteiger partial charge is 0.497 e. The van der Waals surface area contributed by atoms with Crippen LogP contribution in [0.15, 0.2) is 24.3 Å². The molecule has 0 aliphatic heterocycles. The van der Waals surface area contributed by atoms with Crippen LogP contribution in [0, 0.1) is 0 Å². The average Bonchev–Trinajstić information content (AvgIpc) is 2.45. The van der Waals surface area contributed by atoms with Crippen molar-refractivity contribution < 1.29 is 14.0 Å². The second-order valence-electron chi connectivity index (χ2n) is 6.15. The van der Waals surface area contributed by atoms with Gasteiger partial charge >= 0.3 is 0 Å². The number of hydrogen-bond acceptors (Lipinski definition) is 3. The van der Waals surface area contributed by atoms with E-state index in [1.54, 1.807) is 12.1 Å². The highest BCUT2D eigenvalue weighted by Crippen LogP contribution is 2.40. The zero-order valence-electron chi connectivity index (χ0n) is 15.4. The van der Waals surface area contributed by atoms with Crippen LogP contribution in [0.2, 0.25) is 0 Å². The molecule has 1 aliphatic rings. The fourth-order valence-corrected chi connectivity index (χ4v) is 3.23. The van der Waals surface area contributed by atoms with Gasteiger partial charge in [0.25, 0.3) is 0 Å². The number of methoxy groups -OCH3 is 1. The van der Waals surface area contributed by atoms with Gasteiger partial charge in [0, 0.05) is 12.5 Å². The second kappa shape index (κ2) is 6.59. The van der Waals surface area contributed by atoms with E-state index < -0.39 is 12.6 Å². The molecular formula is C17H27NO2. The van der Waals surface area contributed by atoms with Crippen molar-refractivity contribution in [3.63, 3.8) is 0 Å². The summed E-state index contributed by atoms with van der Waals surface area (Å²) in [6, 6.07) is 7.11. The minimum Gasteiger partial charge on any atom is -0.497 e. The SMILES string of the molecule is [2H]C([2H])([2H])Oc1ccc([C@H](CN(C)C)C2(O)CCCCC2)cc1. The van der Waals surface area contributed by atoms with Gasteiger partial charge in [0.2, 0.25) is 0 Å². The fraction of sp³-hybridized carbons (Fsp3) is 0.647. The molecule has 1 atom stereocenters. The third-order valence-electron chi connectivity index (χ3n) is 4.32. The molecule has 0 unspecified atom stereocenters. The van der Waals surface area contributed by atoms with E-state index in [0.29, 0.717) is 5.75 Å². The van der Waals surface area contributed by atoms with E-state index in [9.17, 15) is 5.11 Å². The molecule has 0 radical (unpaired) electrons. The average molecular weight is 280 g/mol. The topological polar surface area (TPSA) is 32.7 Å². The molecule has 3 nitrogen and oxygen atoms in total. The van der Waals surface area contributed by atoms with Gasteiger partial charge in [-0.05, 0) is 44.6 Å². The summed E-state index contributed by atoms with van der Waals surface area (Å²) in [5, 5.41) is 11.1. The van der Waals surface area contributed by atoms with E-state index in [0.717, 1.165) is 37.8 Å². The molecule has 0 heterocycles. The lowest BCUT2D eigenvalue weighted by Gasteiger charge is -2.40. The number of ether oxygens (including phenoxy) is 1. The highest BCUT2D eigenvalue weighted by molar-refractivity contribution is 5.31. The van der Waals surface area contributed by atoms with Crippen LogP contribution >= 0.6 is 0 Å². The Bertz CT molecular complexity index is 494. The molecule has 0 saturated heterocycles. The van der Waals surface area contributed by atoms with Gasteiger partial charge in [-0.2, -0.15) is 0 Å². The monoisotopic (exact) mass is 280 g/mol. The highest BCUT2D eigenvalue weighted by atomic mass is 16.5. The van der Waals surface area contributed by atoms with Crippen molar-refractivity contribution in [1.29, 1.82) is 0 Å². The molecule has 0 bridgehead atoms. The number of hydrogen-bond donors (Lipinski definition) is 1. The lowest BCUT2D eigenvalue weighted by atomic mass is 9.72. The third-order valence-corrected chi connectivity index (χ3v) is 4.32. The van der Waals surface area contributed by atoms with E-state index in [-0.39, 0.29) is 5.92 Å². The number of benzene rings is 1. The van der Waals surface area contributed by atoms with Gasteiger partial charge in [0.05, 0.1) is 16.8 Å². The number of aliphatic hydroxyl groups is 1. The molecule has 1 aliphatic carbocycles. The molecule has 1 saturated carbocycles. The Balaban J connectivity index is 2.21. The molecule has 0 amide bonds. The maximum absolute atomic E-state index is 11.1.